The molecule has 1 amide bonds. The molecule has 2 aromatic carbocycles. The number of hydrogen-bond acceptors (Lipinski definition) is 3. The van der Waals surface area contributed by atoms with E-state index in [2.05, 4.69) is 12.2 Å². The highest BCUT2D eigenvalue weighted by atomic mass is 16.5. The van der Waals surface area contributed by atoms with Crippen LogP contribution in [0, 0.1) is 6.92 Å². The van der Waals surface area contributed by atoms with Crippen molar-refractivity contribution in [1.29, 1.82) is 0 Å². The summed E-state index contributed by atoms with van der Waals surface area (Å²) in [6, 6.07) is 14.9. The Kier molecular flexibility index (Phi) is 5.83. The van der Waals surface area contributed by atoms with Crippen LogP contribution in [0.2, 0.25) is 0 Å². The van der Waals surface area contributed by atoms with Crippen LogP contribution in [0.3, 0.4) is 0 Å². The summed E-state index contributed by atoms with van der Waals surface area (Å²) in [7, 11) is 0. The molecule has 0 unspecified atom stereocenters. The van der Waals surface area contributed by atoms with Crippen LogP contribution >= 0.6 is 0 Å². The van der Waals surface area contributed by atoms with Crippen molar-refractivity contribution < 1.29 is 14.3 Å². The van der Waals surface area contributed by atoms with Gasteiger partial charge in [-0.05, 0) is 49.7 Å². The van der Waals surface area contributed by atoms with Gasteiger partial charge in [0, 0.05) is 5.69 Å². The molecule has 0 heterocycles. The van der Waals surface area contributed by atoms with Crippen molar-refractivity contribution in [2.75, 3.05) is 18.5 Å². The fourth-order valence-corrected chi connectivity index (χ4v) is 1.83. The number of carbonyl (C=O) groups excluding carboxylic acids is 1. The van der Waals surface area contributed by atoms with Gasteiger partial charge in [0.25, 0.3) is 5.91 Å². The second-order valence-corrected chi connectivity index (χ2v) is 5.02. The van der Waals surface area contributed by atoms with E-state index >= 15 is 0 Å². The number of benzene rings is 2. The molecular weight excluding hydrogens is 278 g/mol. The molecule has 0 aliphatic heterocycles. The van der Waals surface area contributed by atoms with Gasteiger partial charge in [-0.25, -0.2) is 0 Å². The zero-order chi connectivity index (χ0) is 15.8. The van der Waals surface area contributed by atoms with Gasteiger partial charge in [-0.15, -0.1) is 0 Å². The van der Waals surface area contributed by atoms with Crippen molar-refractivity contribution in [2.45, 2.75) is 20.3 Å². The molecule has 0 spiro atoms. The molecule has 4 nitrogen and oxygen atoms in total. The molecular formula is C18H21NO3. The van der Waals surface area contributed by atoms with Gasteiger partial charge < -0.3 is 14.8 Å². The largest absolute Gasteiger partial charge is 0.494 e. The van der Waals surface area contributed by atoms with Gasteiger partial charge in [-0.2, -0.15) is 0 Å². The van der Waals surface area contributed by atoms with Crippen molar-refractivity contribution >= 4 is 11.6 Å². The van der Waals surface area contributed by atoms with E-state index in [1.54, 1.807) is 0 Å². The van der Waals surface area contributed by atoms with Crippen molar-refractivity contribution in [1.82, 2.24) is 0 Å². The Hall–Kier alpha value is -2.49. The van der Waals surface area contributed by atoms with Crippen LogP contribution < -0.4 is 14.8 Å². The van der Waals surface area contributed by atoms with Gasteiger partial charge in [0.1, 0.15) is 11.5 Å². The lowest BCUT2D eigenvalue weighted by Gasteiger charge is -2.09. The van der Waals surface area contributed by atoms with Crippen LogP contribution in [0.5, 0.6) is 11.5 Å². The Morgan fingerprint density at radius 2 is 1.55 bits per heavy atom. The zero-order valence-electron chi connectivity index (χ0n) is 13.0. The van der Waals surface area contributed by atoms with E-state index in [4.69, 9.17) is 9.47 Å². The Morgan fingerprint density at radius 3 is 2.18 bits per heavy atom. The zero-order valence-corrected chi connectivity index (χ0v) is 13.0. The lowest BCUT2D eigenvalue weighted by molar-refractivity contribution is -0.118. The first-order chi connectivity index (χ1) is 10.7. The van der Waals surface area contributed by atoms with E-state index in [1.165, 1.54) is 0 Å². The molecule has 4 heteroatoms. The van der Waals surface area contributed by atoms with E-state index in [-0.39, 0.29) is 12.5 Å². The molecule has 22 heavy (non-hydrogen) atoms. The normalized spacial score (nSPS) is 10.1. The number of hydrogen-bond donors (Lipinski definition) is 1. The quantitative estimate of drug-likeness (QED) is 0.846. The smallest absolute Gasteiger partial charge is 0.262 e. The maximum Gasteiger partial charge on any atom is 0.262 e. The van der Waals surface area contributed by atoms with Crippen molar-refractivity contribution in [3.8, 4) is 11.5 Å². The maximum absolute atomic E-state index is 11.8. The summed E-state index contributed by atoms with van der Waals surface area (Å²) in [4.78, 5) is 11.8. The van der Waals surface area contributed by atoms with Crippen LogP contribution in [-0.2, 0) is 4.79 Å². The van der Waals surface area contributed by atoms with Crippen LogP contribution in [0.25, 0.3) is 0 Å². The summed E-state index contributed by atoms with van der Waals surface area (Å²) in [5.74, 6) is 1.29. The number of nitrogens with one attached hydrogen (secondary N) is 1. The molecule has 0 atom stereocenters. The number of aryl methyl sites for hydroxylation is 1. The monoisotopic (exact) mass is 299 g/mol. The number of anilines is 1. The highest BCUT2D eigenvalue weighted by Gasteiger charge is 2.04. The average Bonchev–Trinajstić information content (AvgIpc) is 2.54. The molecule has 0 aliphatic rings. The van der Waals surface area contributed by atoms with Crippen molar-refractivity contribution in [3.05, 3.63) is 54.1 Å². The lowest BCUT2D eigenvalue weighted by atomic mass is 10.2. The summed E-state index contributed by atoms with van der Waals surface area (Å²) in [6.45, 7) is 4.74. The van der Waals surface area contributed by atoms with Gasteiger partial charge in [-0.3, -0.25) is 4.79 Å². The molecule has 0 saturated carbocycles. The second kappa shape index (κ2) is 8.08. The van der Waals surface area contributed by atoms with Gasteiger partial charge in [0.2, 0.25) is 0 Å². The minimum Gasteiger partial charge on any atom is -0.494 e. The van der Waals surface area contributed by atoms with Crippen molar-refractivity contribution in [2.24, 2.45) is 0 Å². The Labute approximate surface area is 131 Å². The molecule has 0 aromatic heterocycles. The van der Waals surface area contributed by atoms with E-state index in [0.717, 1.165) is 23.4 Å². The summed E-state index contributed by atoms with van der Waals surface area (Å²) in [5.41, 5.74) is 1.88. The van der Waals surface area contributed by atoms with Crippen LogP contribution in [-0.4, -0.2) is 19.1 Å². The highest BCUT2D eigenvalue weighted by Crippen LogP contribution is 2.16. The standard InChI is InChI=1S/C18H21NO3/c1-3-12-21-16-10-6-15(7-11-16)19-18(20)13-22-17-8-4-14(2)5-9-17/h4-11H,3,12-13H2,1-2H3,(H,19,20). The summed E-state index contributed by atoms with van der Waals surface area (Å²) in [5, 5.41) is 2.79. The number of amides is 1. The minimum atomic E-state index is -0.192. The number of carbonyl (C=O) groups is 1. The highest BCUT2D eigenvalue weighted by molar-refractivity contribution is 5.91. The van der Waals surface area contributed by atoms with E-state index in [1.807, 2.05) is 55.5 Å². The predicted molar refractivity (Wildman–Crippen MR) is 87.5 cm³/mol. The average molecular weight is 299 g/mol. The first kappa shape index (κ1) is 15.9. The number of rotatable bonds is 7. The third-order valence-electron chi connectivity index (χ3n) is 3.00. The van der Waals surface area contributed by atoms with E-state index < -0.39 is 0 Å². The minimum absolute atomic E-state index is 0.0167. The van der Waals surface area contributed by atoms with Crippen LogP contribution in [0.15, 0.2) is 48.5 Å². The van der Waals surface area contributed by atoms with E-state index in [9.17, 15) is 4.79 Å². The first-order valence-corrected chi connectivity index (χ1v) is 7.39. The summed E-state index contributed by atoms with van der Waals surface area (Å²) >= 11 is 0. The van der Waals surface area contributed by atoms with Crippen LogP contribution in [0.1, 0.15) is 18.9 Å². The Bertz CT molecular complexity index is 591. The third kappa shape index (κ3) is 5.13. The first-order valence-electron chi connectivity index (χ1n) is 7.39. The molecule has 0 aliphatic carbocycles. The van der Waals surface area contributed by atoms with Gasteiger partial charge in [0.05, 0.1) is 6.61 Å². The summed E-state index contributed by atoms with van der Waals surface area (Å²) in [6.07, 6.45) is 0.967. The Balaban J connectivity index is 1.80. The lowest BCUT2D eigenvalue weighted by Crippen LogP contribution is -2.20. The van der Waals surface area contributed by atoms with E-state index in [0.29, 0.717) is 12.4 Å². The van der Waals surface area contributed by atoms with Crippen LogP contribution in [0.4, 0.5) is 5.69 Å². The van der Waals surface area contributed by atoms with Gasteiger partial charge >= 0.3 is 0 Å². The molecule has 0 bridgehead atoms. The summed E-state index contributed by atoms with van der Waals surface area (Å²) < 4.78 is 10.9. The molecule has 116 valence electrons. The molecule has 2 rings (SSSR count). The van der Waals surface area contributed by atoms with Gasteiger partial charge in [0.15, 0.2) is 6.61 Å². The van der Waals surface area contributed by atoms with Crippen molar-refractivity contribution in [3.63, 3.8) is 0 Å². The Morgan fingerprint density at radius 1 is 0.955 bits per heavy atom. The predicted octanol–water partition coefficient (Wildman–Crippen LogP) is 3.80. The molecule has 0 saturated heterocycles. The second-order valence-electron chi connectivity index (χ2n) is 5.02. The third-order valence-corrected chi connectivity index (χ3v) is 3.00. The molecule has 0 fully saturated rings. The maximum atomic E-state index is 11.8. The number of ether oxygens (including phenoxy) is 2. The molecule has 1 N–H and O–H groups in total. The molecule has 2 aromatic rings. The fraction of sp³-hybridized carbons (Fsp3) is 0.278. The SMILES string of the molecule is CCCOc1ccc(NC(=O)COc2ccc(C)cc2)cc1. The van der Waals surface area contributed by atoms with Gasteiger partial charge in [-0.1, -0.05) is 24.6 Å². The topological polar surface area (TPSA) is 47.6 Å². The molecule has 0 radical (unpaired) electrons. The fourth-order valence-electron chi connectivity index (χ4n) is 1.83.